The van der Waals surface area contributed by atoms with Crippen molar-refractivity contribution in [3.8, 4) is 0 Å². The first-order valence-corrected chi connectivity index (χ1v) is 5.93. The van der Waals surface area contributed by atoms with Crippen molar-refractivity contribution in [1.82, 2.24) is 0 Å². The van der Waals surface area contributed by atoms with Gasteiger partial charge in [0.2, 0.25) is 6.54 Å². The Morgan fingerprint density at radius 1 is 1.44 bits per heavy atom. The Kier molecular flexibility index (Phi) is 5.15. The molecular formula is C12H19NO3. The lowest BCUT2D eigenvalue weighted by atomic mass is 9.78. The van der Waals surface area contributed by atoms with Crippen LogP contribution in [0.5, 0.6) is 0 Å². The molecule has 0 N–H and O–H groups in total. The number of rotatable bonds is 5. The summed E-state index contributed by atoms with van der Waals surface area (Å²) < 4.78 is 0. The largest absolute Gasteiger partial charge is 0.294 e. The molecule has 1 saturated carbocycles. The molecule has 0 bridgehead atoms. The fraction of sp³-hybridized carbons (Fsp3) is 0.750. The van der Waals surface area contributed by atoms with E-state index in [0.29, 0.717) is 0 Å². The lowest BCUT2D eigenvalue weighted by Gasteiger charge is -2.26. The number of nitrogens with zero attached hydrogens (tertiary/aromatic N) is 1. The number of ketones is 1. The normalized spacial score (nSPS) is 19.8. The van der Waals surface area contributed by atoms with Gasteiger partial charge in [-0.25, -0.2) is 0 Å². The zero-order valence-corrected chi connectivity index (χ0v) is 9.72. The highest BCUT2D eigenvalue weighted by atomic mass is 16.6. The molecule has 0 aromatic rings. The molecule has 0 heterocycles. The molecule has 1 rings (SSSR count). The Hall–Kier alpha value is -1.19. The van der Waals surface area contributed by atoms with Crippen molar-refractivity contribution < 1.29 is 9.72 Å². The average Bonchev–Trinajstić information content (AvgIpc) is 2.27. The second kappa shape index (κ2) is 6.40. The number of hydrogen-bond donors (Lipinski definition) is 0. The van der Waals surface area contributed by atoms with Crippen molar-refractivity contribution in [3.05, 3.63) is 22.3 Å². The number of carbonyl (C=O) groups is 1. The molecule has 0 aromatic heterocycles. The topological polar surface area (TPSA) is 60.2 Å². The molecule has 0 aromatic carbocycles. The Morgan fingerprint density at radius 3 is 2.56 bits per heavy atom. The Bertz CT molecular complexity index is 280. The van der Waals surface area contributed by atoms with E-state index in [1.165, 1.54) is 12.5 Å². The second-order valence-corrected chi connectivity index (χ2v) is 4.42. The van der Waals surface area contributed by atoms with Crippen LogP contribution in [0.3, 0.4) is 0 Å². The molecule has 1 atom stereocenters. The van der Waals surface area contributed by atoms with Crippen LogP contribution >= 0.6 is 0 Å². The summed E-state index contributed by atoms with van der Waals surface area (Å²) in [6, 6.07) is 0. The Labute approximate surface area is 95.9 Å². The molecule has 0 saturated heterocycles. The molecule has 4 nitrogen and oxygen atoms in total. The summed E-state index contributed by atoms with van der Waals surface area (Å²) in [6.07, 6.45) is 8.45. The maximum atomic E-state index is 11.8. The van der Waals surface area contributed by atoms with Gasteiger partial charge in [-0.05, 0) is 31.8 Å². The zero-order chi connectivity index (χ0) is 12.0. The smallest absolute Gasteiger partial charge is 0.214 e. The van der Waals surface area contributed by atoms with Crippen LogP contribution in [-0.2, 0) is 4.79 Å². The molecular weight excluding hydrogens is 206 g/mol. The Balaban J connectivity index is 2.68. The van der Waals surface area contributed by atoms with E-state index >= 15 is 0 Å². The third-order valence-electron chi connectivity index (χ3n) is 3.26. The van der Waals surface area contributed by atoms with Crippen molar-refractivity contribution in [2.75, 3.05) is 6.54 Å². The van der Waals surface area contributed by atoms with Crippen molar-refractivity contribution >= 4 is 5.78 Å². The molecule has 16 heavy (non-hydrogen) atoms. The molecule has 0 spiro atoms. The van der Waals surface area contributed by atoms with E-state index in [2.05, 4.69) is 0 Å². The minimum atomic E-state index is -0.411. The highest BCUT2D eigenvalue weighted by molar-refractivity contribution is 5.91. The maximum absolute atomic E-state index is 11.8. The third-order valence-corrected chi connectivity index (χ3v) is 3.26. The lowest BCUT2D eigenvalue weighted by molar-refractivity contribution is -0.487. The van der Waals surface area contributed by atoms with Gasteiger partial charge in [-0.3, -0.25) is 14.9 Å². The van der Waals surface area contributed by atoms with Crippen LogP contribution in [0.15, 0.2) is 12.2 Å². The molecule has 0 amide bonds. The van der Waals surface area contributed by atoms with Crippen molar-refractivity contribution in [1.29, 1.82) is 0 Å². The van der Waals surface area contributed by atoms with Gasteiger partial charge < -0.3 is 0 Å². The fourth-order valence-corrected chi connectivity index (χ4v) is 2.46. The second-order valence-electron chi connectivity index (χ2n) is 4.42. The number of allylic oxidation sites excluding steroid dienone is 2. The highest BCUT2D eigenvalue weighted by Crippen LogP contribution is 2.30. The van der Waals surface area contributed by atoms with Crippen LogP contribution < -0.4 is 0 Å². The fourth-order valence-electron chi connectivity index (χ4n) is 2.46. The van der Waals surface area contributed by atoms with Crippen molar-refractivity contribution in [3.63, 3.8) is 0 Å². The van der Waals surface area contributed by atoms with Crippen LogP contribution in [0.2, 0.25) is 0 Å². The van der Waals surface area contributed by atoms with Gasteiger partial charge in [-0.1, -0.05) is 25.3 Å². The van der Waals surface area contributed by atoms with Crippen LogP contribution in [0.1, 0.15) is 39.0 Å². The summed E-state index contributed by atoms with van der Waals surface area (Å²) in [4.78, 5) is 22.0. The number of nitro groups is 1. The number of carbonyl (C=O) groups excluding carboxylic acids is 1. The summed E-state index contributed by atoms with van der Waals surface area (Å²) in [5, 5.41) is 10.6. The van der Waals surface area contributed by atoms with E-state index in [1.54, 1.807) is 13.0 Å². The molecule has 90 valence electrons. The maximum Gasteiger partial charge on any atom is 0.214 e. The van der Waals surface area contributed by atoms with Crippen molar-refractivity contribution in [2.24, 2.45) is 11.8 Å². The first-order chi connectivity index (χ1) is 7.65. The van der Waals surface area contributed by atoms with Gasteiger partial charge in [0.05, 0.1) is 5.92 Å². The average molecular weight is 225 g/mol. The molecule has 0 radical (unpaired) electrons. The summed E-state index contributed by atoms with van der Waals surface area (Å²) >= 11 is 0. The van der Waals surface area contributed by atoms with E-state index in [0.717, 1.165) is 25.7 Å². The van der Waals surface area contributed by atoms with Gasteiger partial charge in [-0.2, -0.15) is 0 Å². The highest BCUT2D eigenvalue weighted by Gasteiger charge is 2.31. The van der Waals surface area contributed by atoms with Gasteiger partial charge in [0.15, 0.2) is 5.78 Å². The Morgan fingerprint density at radius 2 is 2.06 bits per heavy atom. The predicted molar refractivity (Wildman–Crippen MR) is 61.7 cm³/mol. The standard InChI is InChI=1S/C12H19NO3/c1-2-6-12(14)11(9-13(15)16)10-7-4-3-5-8-10/h2,6,10-11H,3-5,7-9H2,1H3/b6-2+/t11-/m1/s1. The molecule has 1 aliphatic carbocycles. The third kappa shape index (κ3) is 3.76. The van der Waals surface area contributed by atoms with E-state index in [1.807, 2.05) is 0 Å². The van der Waals surface area contributed by atoms with Crippen LogP contribution in [0.25, 0.3) is 0 Å². The summed E-state index contributed by atoms with van der Waals surface area (Å²) in [6.45, 7) is 1.55. The molecule has 0 unspecified atom stereocenters. The van der Waals surface area contributed by atoms with Crippen LogP contribution in [0, 0.1) is 22.0 Å². The van der Waals surface area contributed by atoms with E-state index in [9.17, 15) is 14.9 Å². The van der Waals surface area contributed by atoms with Gasteiger partial charge in [0.1, 0.15) is 0 Å². The van der Waals surface area contributed by atoms with Crippen molar-refractivity contribution in [2.45, 2.75) is 39.0 Å². The predicted octanol–water partition coefficient (Wildman–Crippen LogP) is 2.60. The molecule has 0 aliphatic heterocycles. The van der Waals surface area contributed by atoms with Crippen LogP contribution in [0.4, 0.5) is 0 Å². The van der Waals surface area contributed by atoms with Crippen LogP contribution in [-0.4, -0.2) is 17.3 Å². The summed E-state index contributed by atoms with van der Waals surface area (Å²) in [5.41, 5.74) is 0. The first kappa shape index (κ1) is 12.9. The van der Waals surface area contributed by atoms with Gasteiger partial charge in [-0.15, -0.1) is 0 Å². The van der Waals surface area contributed by atoms with E-state index in [-0.39, 0.29) is 23.2 Å². The van der Waals surface area contributed by atoms with Gasteiger partial charge in [0, 0.05) is 4.92 Å². The lowest BCUT2D eigenvalue weighted by Crippen LogP contribution is -2.30. The minimum absolute atomic E-state index is 0.0777. The molecule has 1 aliphatic rings. The summed E-state index contributed by atoms with van der Waals surface area (Å²) in [7, 11) is 0. The molecule has 1 fully saturated rings. The quantitative estimate of drug-likeness (QED) is 0.410. The van der Waals surface area contributed by atoms with E-state index < -0.39 is 5.92 Å². The van der Waals surface area contributed by atoms with Gasteiger partial charge in [0.25, 0.3) is 0 Å². The van der Waals surface area contributed by atoms with E-state index in [4.69, 9.17) is 0 Å². The number of hydrogen-bond acceptors (Lipinski definition) is 3. The monoisotopic (exact) mass is 225 g/mol. The first-order valence-electron chi connectivity index (χ1n) is 5.93. The minimum Gasteiger partial charge on any atom is -0.294 e. The van der Waals surface area contributed by atoms with Gasteiger partial charge >= 0.3 is 0 Å². The zero-order valence-electron chi connectivity index (χ0n) is 9.72. The summed E-state index contributed by atoms with van der Waals surface area (Å²) in [5.74, 6) is -0.277. The SMILES string of the molecule is C/C=C/C(=O)[C@H](C[N+](=O)[O-])C1CCCCC1. The molecule has 4 heteroatoms.